The summed E-state index contributed by atoms with van der Waals surface area (Å²) in [6.45, 7) is 1.86. The zero-order valence-corrected chi connectivity index (χ0v) is 18.4. The number of fused-ring (bicyclic) bond motifs is 1. The SMILES string of the molecule is Cc1nn(-c2ccccc2)c2nc(-c3ccccc3)cc(C(=O)N/N=C\c3ccc(O)cc3)c12. The normalized spacial score (nSPS) is 11.2. The Kier molecular flexibility index (Phi) is 5.58. The Morgan fingerprint density at radius 3 is 2.35 bits per heavy atom. The molecule has 1 amide bonds. The van der Waals surface area contributed by atoms with Gasteiger partial charge in [0, 0.05) is 5.56 Å². The number of aromatic hydroxyl groups is 1. The first-order valence-corrected chi connectivity index (χ1v) is 10.7. The molecule has 2 aromatic heterocycles. The highest BCUT2D eigenvalue weighted by Crippen LogP contribution is 2.28. The van der Waals surface area contributed by atoms with E-state index in [1.165, 1.54) is 6.21 Å². The Labute approximate surface area is 196 Å². The Hall–Kier alpha value is -4.78. The van der Waals surface area contributed by atoms with Gasteiger partial charge >= 0.3 is 0 Å². The second-order valence-corrected chi connectivity index (χ2v) is 7.74. The molecular formula is C27H21N5O2. The van der Waals surface area contributed by atoms with Crippen molar-refractivity contribution in [3.8, 4) is 22.7 Å². The number of nitrogens with zero attached hydrogens (tertiary/aromatic N) is 4. The molecular weight excluding hydrogens is 426 g/mol. The number of amides is 1. The van der Waals surface area contributed by atoms with E-state index in [4.69, 9.17) is 4.98 Å². The van der Waals surface area contributed by atoms with Gasteiger partial charge in [-0.2, -0.15) is 10.2 Å². The molecule has 5 aromatic rings. The van der Waals surface area contributed by atoms with Crippen molar-refractivity contribution in [1.29, 1.82) is 0 Å². The highest BCUT2D eigenvalue weighted by Gasteiger charge is 2.20. The Bertz CT molecular complexity index is 1490. The number of phenols is 1. The summed E-state index contributed by atoms with van der Waals surface area (Å²) in [6, 6.07) is 27.7. The largest absolute Gasteiger partial charge is 0.508 e. The van der Waals surface area contributed by atoms with Crippen LogP contribution < -0.4 is 5.43 Å². The van der Waals surface area contributed by atoms with Gasteiger partial charge in [0.2, 0.25) is 0 Å². The lowest BCUT2D eigenvalue weighted by Gasteiger charge is -2.08. The zero-order chi connectivity index (χ0) is 23.5. The van der Waals surface area contributed by atoms with Gasteiger partial charge in [-0.1, -0.05) is 48.5 Å². The van der Waals surface area contributed by atoms with Gasteiger partial charge in [0.05, 0.1) is 34.2 Å². The van der Waals surface area contributed by atoms with Gasteiger partial charge in [-0.05, 0) is 55.0 Å². The molecule has 7 nitrogen and oxygen atoms in total. The number of nitrogens with one attached hydrogen (secondary N) is 1. The van der Waals surface area contributed by atoms with Crippen molar-refractivity contribution in [2.24, 2.45) is 5.10 Å². The van der Waals surface area contributed by atoms with Crippen LogP contribution in [0.5, 0.6) is 5.75 Å². The minimum atomic E-state index is -0.365. The fourth-order valence-corrected chi connectivity index (χ4v) is 3.76. The van der Waals surface area contributed by atoms with E-state index in [1.54, 1.807) is 35.0 Å². The molecule has 0 radical (unpaired) electrons. The summed E-state index contributed by atoms with van der Waals surface area (Å²) in [5.41, 5.74) is 7.50. The van der Waals surface area contributed by atoms with E-state index >= 15 is 0 Å². The molecule has 0 aliphatic carbocycles. The van der Waals surface area contributed by atoms with E-state index in [1.807, 2.05) is 67.6 Å². The number of hydrogen-bond donors (Lipinski definition) is 2. The van der Waals surface area contributed by atoms with Crippen LogP contribution in [-0.4, -0.2) is 32.0 Å². The molecule has 0 aliphatic heterocycles. The number of hydrazone groups is 1. The third kappa shape index (κ3) is 4.14. The van der Waals surface area contributed by atoms with Crippen molar-refractivity contribution in [1.82, 2.24) is 20.2 Å². The third-order valence-electron chi connectivity index (χ3n) is 5.40. The Morgan fingerprint density at radius 2 is 1.65 bits per heavy atom. The highest BCUT2D eigenvalue weighted by molar-refractivity contribution is 6.08. The van der Waals surface area contributed by atoms with Crippen molar-refractivity contribution in [2.45, 2.75) is 6.92 Å². The number of phenolic OH excluding ortho intramolecular Hbond substituents is 1. The van der Waals surface area contributed by atoms with Gasteiger partial charge in [0.15, 0.2) is 5.65 Å². The van der Waals surface area contributed by atoms with E-state index in [-0.39, 0.29) is 11.7 Å². The molecule has 7 heteroatoms. The first-order valence-electron chi connectivity index (χ1n) is 10.7. The summed E-state index contributed by atoms with van der Waals surface area (Å²) < 4.78 is 1.76. The second kappa shape index (κ2) is 8.99. The first-order chi connectivity index (χ1) is 16.6. The lowest BCUT2D eigenvalue weighted by atomic mass is 10.1. The minimum Gasteiger partial charge on any atom is -0.508 e. The third-order valence-corrected chi connectivity index (χ3v) is 5.40. The molecule has 2 heterocycles. The smallest absolute Gasteiger partial charge is 0.272 e. The molecule has 0 aliphatic rings. The van der Waals surface area contributed by atoms with Crippen LogP contribution in [-0.2, 0) is 0 Å². The van der Waals surface area contributed by atoms with Crippen LogP contribution in [0, 0.1) is 6.92 Å². The summed E-state index contributed by atoms with van der Waals surface area (Å²) in [6.07, 6.45) is 1.52. The van der Waals surface area contributed by atoms with Gasteiger partial charge in [-0.15, -0.1) is 0 Å². The summed E-state index contributed by atoms with van der Waals surface area (Å²) in [7, 11) is 0. The number of pyridine rings is 1. The monoisotopic (exact) mass is 447 g/mol. The predicted octanol–water partition coefficient (Wildman–Crippen LogP) is 4.87. The lowest BCUT2D eigenvalue weighted by molar-refractivity contribution is 0.0956. The molecule has 3 aromatic carbocycles. The van der Waals surface area contributed by atoms with Crippen LogP contribution in [0.2, 0.25) is 0 Å². The van der Waals surface area contributed by atoms with Crippen LogP contribution in [0.1, 0.15) is 21.6 Å². The topological polar surface area (TPSA) is 92.4 Å². The highest BCUT2D eigenvalue weighted by atomic mass is 16.3. The van der Waals surface area contributed by atoms with Crippen molar-refractivity contribution in [2.75, 3.05) is 0 Å². The number of carbonyl (C=O) groups is 1. The molecule has 0 saturated carbocycles. The van der Waals surface area contributed by atoms with Crippen molar-refractivity contribution in [3.05, 3.63) is 108 Å². The van der Waals surface area contributed by atoms with Crippen molar-refractivity contribution < 1.29 is 9.90 Å². The maximum atomic E-state index is 13.3. The number of carbonyl (C=O) groups excluding carboxylic acids is 1. The van der Waals surface area contributed by atoms with Crippen molar-refractivity contribution >= 4 is 23.2 Å². The minimum absolute atomic E-state index is 0.166. The Balaban J connectivity index is 1.60. The number of aromatic nitrogens is 3. The van der Waals surface area contributed by atoms with Crippen LogP contribution in [0.3, 0.4) is 0 Å². The molecule has 0 spiro atoms. The molecule has 5 rings (SSSR count). The molecule has 0 unspecified atom stereocenters. The fraction of sp³-hybridized carbons (Fsp3) is 0.0370. The zero-order valence-electron chi connectivity index (χ0n) is 18.4. The standard InChI is InChI=1S/C27H21N5O2/c1-18-25-23(27(34)30-28-17-19-12-14-22(33)15-13-19)16-24(20-8-4-2-5-9-20)29-26(25)32(31-18)21-10-6-3-7-11-21/h2-17,33H,1H3,(H,30,34)/b28-17-. The molecule has 166 valence electrons. The molecule has 0 saturated heterocycles. The van der Waals surface area contributed by atoms with Gasteiger partial charge in [-0.3, -0.25) is 4.79 Å². The average molecular weight is 447 g/mol. The number of para-hydroxylation sites is 1. The van der Waals surface area contributed by atoms with Crippen molar-refractivity contribution in [3.63, 3.8) is 0 Å². The average Bonchev–Trinajstić information content (AvgIpc) is 3.22. The van der Waals surface area contributed by atoms with E-state index < -0.39 is 0 Å². The molecule has 2 N–H and O–H groups in total. The fourth-order valence-electron chi connectivity index (χ4n) is 3.76. The van der Waals surface area contributed by atoms with Gasteiger partial charge < -0.3 is 5.11 Å². The maximum absolute atomic E-state index is 13.3. The van der Waals surface area contributed by atoms with Crippen LogP contribution >= 0.6 is 0 Å². The molecule has 0 atom stereocenters. The second-order valence-electron chi connectivity index (χ2n) is 7.74. The van der Waals surface area contributed by atoms with Gasteiger partial charge in [0.25, 0.3) is 5.91 Å². The van der Waals surface area contributed by atoms with E-state index in [0.29, 0.717) is 28.0 Å². The lowest BCUT2D eigenvalue weighted by Crippen LogP contribution is -2.18. The number of aryl methyl sites for hydroxylation is 1. The number of rotatable bonds is 5. The van der Waals surface area contributed by atoms with Crippen LogP contribution in [0.25, 0.3) is 28.0 Å². The molecule has 0 bridgehead atoms. The summed E-state index contributed by atoms with van der Waals surface area (Å²) >= 11 is 0. The Morgan fingerprint density at radius 1 is 0.971 bits per heavy atom. The van der Waals surface area contributed by atoms with E-state index in [2.05, 4.69) is 15.6 Å². The van der Waals surface area contributed by atoms with E-state index in [9.17, 15) is 9.90 Å². The van der Waals surface area contributed by atoms with Gasteiger partial charge in [0.1, 0.15) is 5.75 Å². The molecule has 0 fully saturated rings. The van der Waals surface area contributed by atoms with E-state index in [0.717, 1.165) is 16.8 Å². The number of benzene rings is 3. The molecule has 34 heavy (non-hydrogen) atoms. The first kappa shape index (κ1) is 21.1. The van der Waals surface area contributed by atoms with Gasteiger partial charge in [-0.25, -0.2) is 15.1 Å². The van der Waals surface area contributed by atoms with Crippen LogP contribution in [0.15, 0.2) is 96.1 Å². The quantitative estimate of drug-likeness (QED) is 0.297. The predicted molar refractivity (Wildman–Crippen MR) is 132 cm³/mol. The number of hydrogen-bond acceptors (Lipinski definition) is 5. The maximum Gasteiger partial charge on any atom is 0.272 e. The summed E-state index contributed by atoms with van der Waals surface area (Å²) in [5, 5.41) is 18.9. The van der Waals surface area contributed by atoms with Crippen LogP contribution in [0.4, 0.5) is 0 Å². The summed E-state index contributed by atoms with van der Waals surface area (Å²) in [4.78, 5) is 18.1. The summed E-state index contributed by atoms with van der Waals surface area (Å²) in [5.74, 6) is -0.199.